The number of aryl methyl sites for hydroxylation is 2. The fraction of sp³-hybridized carbons (Fsp3) is 0.571. The average Bonchev–Trinajstić information content (AvgIpc) is 3.12. The molecule has 0 spiro atoms. The minimum atomic E-state index is 0.314. The Balaban J connectivity index is 1.34. The summed E-state index contributed by atoms with van der Waals surface area (Å²) >= 11 is 0. The highest BCUT2D eigenvalue weighted by atomic mass is 16.5. The number of hydrogen-bond acceptors (Lipinski definition) is 4. The lowest BCUT2D eigenvalue weighted by Crippen LogP contribution is -2.47. The van der Waals surface area contributed by atoms with Crippen molar-refractivity contribution >= 4 is 5.96 Å². The van der Waals surface area contributed by atoms with Crippen molar-refractivity contribution in [3.63, 3.8) is 0 Å². The minimum Gasteiger partial charge on any atom is -0.377 e. The second-order valence-corrected chi connectivity index (χ2v) is 7.23. The number of rotatable bonds is 9. The molecule has 1 aromatic heterocycles. The van der Waals surface area contributed by atoms with Gasteiger partial charge < -0.3 is 15.4 Å². The molecule has 1 aliphatic heterocycles. The molecule has 3 rings (SSSR count). The van der Waals surface area contributed by atoms with Crippen molar-refractivity contribution in [2.24, 2.45) is 4.99 Å². The first kappa shape index (κ1) is 20.3. The lowest BCUT2D eigenvalue weighted by atomic mass is 10.1. The van der Waals surface area contributed by atoms with Gasteiger partial charge in [-0.25, -0.2) is 9.67 Å². The van der Waals surface area contributed by atoms with E-state index in [1.807, 2.05) is 11.7 Å². The largest absolute Gasteiger partial charge is 0.377 e. The maximum atomic E-state index is 5.13. The van der Waals surface area contributed by atoms with Crippen molar-refractivity contribution < 1.29 is 4.74 Å². The van der Waals surface area contributed by atoms with Crippen molar-refractivity contribution in [2.45, 2.75) is 57.7 Å². The van der Waals surface area contributed by atoms with E-state index in [0.29, 0.717) is 12.6 Å². The van der Waals surface area contributed by atoms with Crippen LogP contribution in [0, 0.1) is 0 Å². The number of nitrogens with one attached hydrogen (secondary N) is 2. The van der Waals surface area contributed by atoms with Crippen LogP contribution in [0.5, 0.6) is 0 Å². The number of unbranched alkanes of at least 4 members (excludes halogenated alkanes) is 2. The van der Waals surface area contributed by atoms with Gasteiger partial charge >= 0.3 is 0 Å². The highest BCUT2D eigenvalue weighted by molar-refractivity contribution is 5.79. The normalized spacial score (nSPS) is 16.6. The summed E-state index contributed by atoms with van der Waals surface area (Å²) < 4.78 is 7.12. The van der Waals surface area contributed by atoms with Gasteiger partial charge in [-0.3, -0.25) is 4.99 Å². The number of nitrogens with zero attached hydrogens (tertiary/aromatic N) is 4. The molecule has 1 aromatic carbocycles. The maximum Gasteiger partial charge on any atom is 0.191 e. The third kappa shape index (κ3) is 6.05. The first-order chi connectivity index (χ1) is 13.8. The molecule has 0 radical (unpaired) electrons. The number of ether oxygens (including phenoxy) is 1. The van der Waals surface area contributed by atoms with Crippen LogP contribution in [0.25, 0.3) is 0 Å². The molecule has 2 aromatic rings. The van der Waals surface area contributed by atoms with Crippen LogP contribution in [0.1, 0.15) is 42.9 Å². The summed E-state index contributed by atoms with van der Waals surface area (Å²) in [7, 11) is 3.49. The first-order valence-electron chi connectivity index (χ1n) is 10.2. The van der Waals surface area contributed by atoms with Gasteiger partial charge in [0.25, 0.3) is 0 Å². The van der Waals surface area contributed by atoms with Crippen LogP contribution < -0.4 is 10.6 Å². The lowest BCUT2D eigenvalue weighted by molar-refractivity contribution is 0.177. The first-order valence-corrected chi connectivity index (χ1v) is 10.2. The number of aliphatic imine (C=N–C) groups is 1. The van der Waals surface area contributed by atoms with E-state index in [2.05, 4.69) is 56.0 Å². The number of benzene rings is 1. The Morgan fingerprint density at radius 3 is 2.89 bits per heavy atom. The van der Waals surface area contributed by atoms with Gasteiger partial charge in [0.05, 0.1) is 6.54 Å². The zero-order chi connectivity index (χ0) is 19.6. The number of aromatic nitrogens is 3. The van der Waals surface area contributed by atoms with Crippen molar-refractivity contribution in [3.8, 4) is 0 Å². The van der Waals surface area contributed by atoms with E-state index in [9.17, 15) is 0 Å². The van der Waals surface area contributed by atoms with Crippen molar-refractivity contribution in [3.05, 3.63) is 47.5 Å². The quantitative estimate of drug-likeness (QED) is 0.394. The molecule has 0 bridgehead atoms. The second-order valence-electron chi connectivity index (χ2n) is 7.23. The lowest BCUT2D eigenvalue weighted by Gasteiger charge is -2.25. The third-order valence-electron chi connectivity index (χ3n) is 5.02. The summed E-state index contributed by atoms with van der Waals surface area (Å²) in [6, 6.07) is 11.0. The molecule has 28 heavy (non-hydrogen) atoms. The minimum absolute atomic E-state index is 0.314. The molecule has 2 heterocycles. The van der Waals surface area contributed by atoms with E-state index in [-0.39, 0.29) is 0 Å². The van der Waals surface area contributed by atoms with E-state index >= 15 is 0 Å². The Morgan fingerprint density at radius 2 is 2.11 bits per heavy atom. The molecule has 0 aliphatic carbocycles. The van der Waals surface area contributed by atoms with E-state index in [1.54, 1.807) is 7.11 Å². The fourth-order valence-corrected chi connectivity index (χ4v) is 3.54. The van der Waals surface area contributed by atoms with Gasteiger partial charge in [-0.05, 0) is 31.2 Å². The molecular formula is C21H32N6O. The molecule has 2 N–H and O–H groups in total. The van der Waals surface area contributed by atoms with Crippen LogP contribution >= 0.6 is 0 Å². The van der Waals surface area contributed by atoms with Crippen LogP contribution in [0.4, 0.5) is 0 Å². The fourth-order valence-electron chi connectivity index (χ4n) is 3.54. The Bertz CT molecular complexity index is 743. The van der Waals surface area contributed by atoms with Gasteiger partial charge in [-0.1, -0.05) is 36.8 Å². The van der Waals surface area contributed by atoms with Gasteiger partial charge in [0.2, 0.25) is 0 Å². The van der Waals surface area contributed by atoms with Crippen molar-refractivity contribution in [1.29, 1.82) is 0 Å². The van der Waals surface area contributed by atoms with Crippen LogP contribution in [0.2, 0.25) is 0 Å². The molecule has 0 amide bonds. The van der Waals surface area contributed by atoms with Crippen molar-refractivity contribution in [1.82, 2.24) is 25.4 Å². The van der Waals surface area contributed by atoms with Crippen molar-refractivity contribution in [2.75, 3.05) is 20.7 Å². The Labute approximate surface area is 167 Å². The van der Waals surface area contributed by atoms with Gasteiger partial charge in [-0.15, -0.1) is 0 Å². The van der Waals surface area contributed by atoms with E-state index in [0.717, 1.165) is 56.4 Å². The van der Waals surface area contributed by atoms with Crippen LogP contribution in [0.3, 0.4) is 0 Å². The monoisotopic (exact) mass is 384 g/mol. The number of fused-ring (bicyclic) bond motifs is 1. The third-order valence-corrected chi connectivity index (χ3v) is 5.02. The van der Waals surface area contributed by atoms with Gasteiger partial charge in [0, 0.05) is 33.2 Å². The molecular weight excluding hydrogens is 352 g/mol. The maximum absolute atomic E-state index is 5.13. The van der Waals surface area contributed by atoms with Crippen LogP contribution in [0.15, 0.2) is 35.3 Å². The molecule has 7 nitrogen and oxygen atoms in total. The Kier molecular flexibility index (Phi) is 7.84. The SMILES string of the molecule is CN=C(NCCCCCc1ccccc1)NC1CCc2nc(COC)nn2C1. The molecule has 0 fully saturated rings. The Hall–Kier alpha value is -2.41. The average molecular weight is 385 g/mol. The highest BCUT2D eigenvalue weighted by Gasteiger charge is 2.22. The number of guanidine groups is 1. The standard InChI is InChI=1S/C21H32N6O/c1-22-21(23-14-8-4-7-11-17-9-5-3-6-10-17)24-18-12-13-20-25-19(16-28-2)26-27(20)15-18/h3,5-6,9-10,18H,4,7-8,11-16H2,1-2H3,(H2,22,23,24). The summed E-state index contributed by atoms with van der Waals surface area (Å²) in [5.74, 6) is 2.68. The Morgan fingerprint density at radius 1 is 1.25 bits per heavy atom. The summed E-state index contributed by atoms with van der Waals surface area (Å²) in [5, 5.41) is 11.5. The molecule has 0 saturated carbocycles. The van der Waals surface area contributed by atoms with E-state index in [1.165, 1.54) is 18.4 Å². The highest BCUT2D eigenvalue weighted by Crippen LogP contribution is 2.13. The molecule has 0 saturated heterocycles. The topological polar surface area (TPSA) is 76.4 Å². The smallest absolute Gasteiger partial charge is 0.191 e. The predicted octanol–water partition coefficient (Wildman–Crippen LogP) is 2.32. The van der Waals surface area contributed by atoms with Gasteiger partial charge in [0.1, 0.15) is 12.4 Å². The molecule has 152 valence electrons. The van der Waals surface area contributed by atoms with Gasteiger partial charge in [0.15, 0.2) is 11.8 Å². The molecule has 1 aliphatic rings. The van der Waals surface area contributed by atoms with Crippen LogP contribution in [-0.2, 0) is 30.7 Å². The molecule has 1 atom stereocenters. The molecule has 7 heteroatoms. The summed E-state index contributed by atoms with van der Waals surface area (Å²) in [4.78, 5) is 8.89. The zero-order valence-electron chi connectivity index (χ0n) is 17.0. The molecule has 1 unspecified atom stereocenters. The van der Waals surface area contributed by atoms with E-state index < -0.39 is 0 Å². The second kappa shape index (κ2) is 10.8. The summed E-state index contributed by atoms with van der Waals surface area (Å²) in [5.41, 5.74) is 1.42. The van der Waals surface area contributed by atoms with Gasteiger partial charge in [-0.2, -0.15) is 5.10 Å². The number of methoxy groups -OCH3 is 1. The zero-order valence-corrected chi connectivity index (χ0v) is 17.0. The number of hydrogen-bond donors (Lipinski definition) is 2. The summed E-state index contributed by atoms with van der Waals surface area (Å²) in [6.07, 6.45) is 6.69. The van der Waals surface area contributed by atoms with E-state index in [4.69, 9.17) is 4.74 Å². The summed E-state index contributed by atoms with van der Waals surface area (Å²) in [6.45, 7) is 2.21. The van der Waals surface area contributed by atoms with Crippen LogP contribution in [-0.4, -0.2) is 47.5 Å². The predicted molar refractivity (Wildman–Crippen MR) is 111 cm³/mol.